The summed E-state index contributed by atoms with van der Waals surface area (Å²) in [6, 6.07) is 10.6. The molecule has 1 aromatic heterocycles. The maximum absolute atomic E-state index is 13.2. The molecule has 8 nitrogen and oxygen atoms in total. The van der Waals surface area contributed by atoms with Gasteiger partial charge in [0, 0.05) is 38.1 Å². The van der Waals surface area contributed by atoms with Crippen molar-refractivity contribution in [3.8, 4) is 0 Å². The molecule has 2 aromatic carbocycles. The Bertz CT molecular complexity index is 1330. The zero-order valence-corrected chi connectivity index (χ0v) is 23.3. The number of hydrogen-bond donors (Lipinski definition) is 1. The minimum Gasteiger partial charge on any atom is -0.369 e. The first-order valence-electron chi connectivity index (χ1n) is 11.7. The highest BCUT2D eigenvalue weighted by atomic mass is 35.5. The minimum absolute atomic E-state index is 0.0325. The van der Waals surface area contributed by atoms with Gasteiger partial charge >= 0.3 is 0 Å². The van der Waals surface area contributed by atoms with E-state index in [1.54, 1.807) is 0 Å². The predicted octanol–water partition coefficient (Wildman–Crippen LogP) is 4.46. The van der Waals surface area contributed by atoms with Crippen LogP contribution in [0.3, 0.4) is 0 Å². The highest BCUT2D eigenvalue weighted by molar-refractivity contribution is 7.89. The first-order chi connectivity index (χ1) is 17.1. The molecular weight excluding hydrogens is 543 g/mol. The summed E-state index contributed by atoms with van der Waals surface area (Å²) in [6.45, 7) is 4.05. The average Bonchev–Trinajstić information content (AvgIpc) is 2.84. The van der Waals surface area contributed by atoms with E-state index < -0.39 is 10.0 Å². The van der Waals surface area contributed by atoms with E-state index in [1.165, 1.54) is 16.4 Å². The summed E-state index contributed by atoms with van der Waals surface area (Å²) in [7, 11) is 0.320. The lowest BCUT2D eigenvalue weighted by Gasteiger charge is -2.33. The topological polar surface area (TPSA) is 81.7 Å². The quantitative estimate of drug-likeness (QED) is 0.300. The molecule has 1 aliphatic rings. The molecular formula is C24H29Cl3N6O2S. The second-order valence-electron chi connectivity index (χ2n) is 8.97. The van der Waals surface area contributed by atoms with Crippen molar-refractivity contribution in [3.05, 3.63) is 57.3 Å². The molecule has 1 saturated heterocycles. The van der Waals surface area contributed by atoms with Crippen LogP contribution in [0, 0.1) is 0 Å². The highest BCUT2D eigenvalue weighted by Gasteiger charge is 2.31. The molecule has 0 saturated carbocycles. The van der Waals surface area contributed by atoms with E-state index in [0.717, 1.165) is 36.2 Å². The lowest BCUT2D eigenvalue weighted by Crippen LogP contribution is -2.48. The van der Waals surface area contributed by atoms with E-state index in [4.69, 9.17) is 44.8 Å². The van der Waals surface area contributed by atoms with Crippen molar-refractivity contribution in [2.75, 3.05) is 58.7 Å². The Hall–Kier alpha value is -1.72. The van der Waals surface area contributed by atoms with Gasteiger partial charge in [0.25, 0.3) is 0 Å². The van der Waals surface area contributed by atoms with Gasteiger partial charge in [0.1, 0.15) is 16.5 Å². The predicted molar refractivity (Wildman–Crippen MR) is 147 cm³/mol. The Labute approximate surface area is 227 Å². The molecule has 2 heterocycles. The van der Waals surface area contributed by atoms with Crippen molar-refractivity contribution in [3.63, 3.8) is 0 Å². The van der Waals surface area contributed by atoms with Crippen LogP contribution in [-0.2, 0) is 16.6 Å². The molecule has 0 radical (unpaired) electrons. The van der Waals surface area contributed by atoms with E-state index in [9.17, 15) is 8.42 Å². The standard InChI is InChI=1S/C24H29Cl3N6O2S/c1-31(2)9-5-8-28-24-17-6-3-4-7-21(17)29-23(30-24)16-32-10-12-33(13-11-32)36(34,35)22-15-19(26)18(25)14-20(22)27/h3-4,6-7,14-15H,5,8-13,16H2,1-2H3,(H,28,29,30). The number of aromatic nitrogens is 2. The molecule has 0 bridgehead atoms. The number of rotatable bonds is 9. The fourth-order valence-corrected chi connectivity index (χ4v) is 6.50. The summed E-state index contributed by atoms with van der Waals surface area (Å²) in [5, 5.41) is 4.87. The van der Waals surface area contributed by atoms with Gasteiger partial charge in [-0.3, -0.25) is 4.90 Å². The highest BCUT2D eigenvalue weighted by Crippen LogP contribution is 2.33. The first kappa shape index (κ1) is 27.3. The van der Waals surface area contributed by atoms with Crippen LogP contribution in [0.2, 0.25) is 15.1 Å². The fraction of sp³-hybridized carbons (Fsp3) is 0.417. The Balaban J connectivity index is 1.44. The first-order valence-corrected chi connectivity index (χ1v) is 14.2. The van der Waals surface area contributed by atoms with Crippen LogP contribution in [0.15, 0.2) is 41.3 Å². The van der Waals surface area contributed by atoms with Crippen molar-refractivity contribution in [2.24, 2.45) is 0 Å². The van der Waals surface area contributed by atoms with Gasteiger partial charge in [-0.05, 0) is 51.3 Å². The van der Waals surface area contributed by atoms with Crippen LogP contribution < -0.4 is 5.32 Å². The number of hydrogen-bond acceptors (Lipinski definition) is 7. The van der Waals surface area contributed by atoms with Crippen LogP contribution in [-0.4, -0.2) is 85.9 Å². The van der Waals surface area contributed by atoms with E-state index >= 15 is 0 Å². The Morgan fingerprint density at radius 2 is 1.67 bits per heavy atom. The molecule has 1 aliphatic heterocycles. The van der Waals surface area contributed by atoms with Crippen LogP contribution in [0.4, 0.5) is 5.82 Å². The number of piperazine rings is 1. The molecule has 1 fully saturated rings. The van der Waals surface area contributed by atoms with Crippen molar-refractivity contribution in [2.45, 2.75) is 17.9 Å². The molecule has 0 aliphatic carbocycles. The van der Waals surface area contributed by atoms with Crippen LogP contribution >= 0.6 is 34.8 Å². The summed E-state index contributed by atoms with van der Waals surface area (Å²) < 4.78 is 27.8. The molecule has 0 atom stereocenters. The Morgan fingerprint density at radius 3 is 2.39 bits per heavy atom. The van der Waals surface area contributed by atoms with Gasteiger partial charge < -0.3 is 10.2 Å². The molecule has 3 aromatic rings. The third kappa shape index (κ3) is 6.39. The second-order valence-corrected chi connectivity index (χ2v) is 12.1. The number of halogens is 3. The number of nitrogens with zero attached hydrogens (tertiary/aromatic N) is 5. The maximum atomic E-state index is 13.2. The van der Waals surface area contributed by atoms with Gasteiger partial charge in [-0.1, -0.05) is 46.9 Å². The molecule has 36 heavy (non-hydrogen) atoms. The third-order valence-electron chi connectivity index (χ3n) is 6.01. The average molecular weight is 572 g/mol. The minimum atomic E-state index is -3.80. The van der Waals surface area contributed by atoms with Gasteiger partial charge in [-0.2, -0.15) is 4.31 Å². The lowest BCUT2D eigenvalue weighted by atomic mass is 10.2. The molecule has 4 rings (SSSR count). The van der Waals surface area contributed by atoms with E-state index in [1.807, 2.05) is 24.3 Å². The van der Waals surface area contributed by atoms with Crippen molar-refractivity contribution in [1.82, 2.24) is 24.1 Å². The van der Waals surface area contributed by atoms with Crippen molar-refractivity contribution in [1.29, 1.82) is 0 Å². The van der Waals surface area contributed by atoms with E-state index in [-0.39, 0.29) is 20.0 Å². The molecule has 0 amide bonds. The second kappa shape index (κ2) is 11.8. The van der Waals surface area contributed by atoms with Gasteiger partial charge in [-0.15, -0.1) is 0 Å². The number of sulfonamides is 1. The molecule has 12 heteroatoms. The number of para-hydroxylation sites is 1. The van der Waals surface area contributed by atoms with E-state index in [0.29, 0.717) is 38.5 Å². The van der Waals surface area contributed by atoms with Crippen molar-refractivity contribution < 1.29 is 8.42 Å². The van der Waals surface area contributed by atoms with Crippen molar-refractivity contribution >= 4 is 61.5 Å². The van der Waals surface area contributed by atoms with Gasteiger partial charge in [0.15, 0.2) is 0 Å². The SMILES string of the molecule is CN(C)CCCNc1nc(CN2CCN(S(=O)(=O)c3cc(Cl)c(Cl)cc3Cl)CC2)nc2ccccc12. The van der Waals surface area contributed by atoms with Gasteiger partial charge in [0.05, 0.1) is 27.1 Å². The van der Waals surface area contributed by atoms with Gasteiger partial charge in [0.2, 0.25) is 10.0 Å². The smallest absolute Gasteiger partial charge is 0.244 e. The van der Waals surface area contributed by atoms with Crippen LogP contribution in [0.25, 0.3) is 10.9 Å². The summed E-state index contributed by atoms with van der Waals surface area (Å²) in [4.78, 5) is 13.8. The normalized spacial score (nSPS) is 15.6. The Morgan fingerprint density at radius 1 is 0.972 bits per heavy atom. The summed E-state index contributed by atoms with van der Waals surface area (Å²) in [5.41, 5.74) is 0.882. The lowest BCUT2D eigenvalue weighted by molar-refractivity contribution is 0.178. The number of anilines is 1. The summed E-state index contributed by atoms with van der Waals surface area (Å²) in [5.74, 6) is 1.53. The number of nitrogens with one attached hydrogen (secondary N) is 1. The number of benzene rings is 2. The molecule has 0 spiro atoms. The Kier molecular flexibility index (Phi) is 8.93. The van der Waals surface area contributed by atoms with Gasteiger partial charge in [-0.25, -0.2) is 18.4 Å². The summed E-state index contributed by atoms with van der Waals surface area (Å²) >= 11 is 18.2. The maximum Gasteiger partial charge on any atom is 0.244 e. The largest absolute Gasteiger partial charge is 0.369 e. The van der Waals surface area contributed by atoms with Crippen LogP contribution in [0.1, 0.15) is 12.2 Å². The van der Waals surface area contributed by atoms with E-state index in [2.05, 4.69) is 29.2 Å². The zero-order chi connectivity index (χ0) is 25.9. The summed E-state index contributed by atoms with van der Waals surface area (Å²) in [6.07, 6.45) is 1.000. The zero-order valence-electron chi connectivity index (χ0n) is 20.2. The fourth-order valence-electron chi connectivity index (χ4n) is 4.10. The molecule has 194 valence electrons. The monoisotopic (exact) mass is 570 g/mol. The third-order valence-corrected chi connectivity index (χ3v) is 9.10. The van der Waals surface area contributed by atoms with Crippen LogP contribution in [0.5, 0.6) is 0 Å². The molecule has 0 unspecified atom stereocenters. The number of fused-ring (bicyclic) bond motifs is 1. The molecule has 1 N–H and O–H groups in total.